The van der Waals surface area contributed by atoms with Gasteiger partial charge >= 0.3 is 6.09 Å². The molecule has 2 aromatic rings. The Bertz CT molecular complexity index is 1280. The van der Waals surface area contributed by atoms with E-state index >= 15 is 0 Å². The summed E-state index contributed by atoms with van der Waals surface area (Å²) in [5.41, 5.74) is 7.96. The number of nitrogens with one attached hydrogen (secondary N) is 2. The van der Waals surface area contributed by atoms with Crippen LogP contribution < -0.4 is 16.4 Å². The molecule has 4 amide bonds. The number of nitrogens with two attached hydrogens (primary N) is 1. The number of phenols is 1. The van der Waals surface area contributed by atoms with Crippen molar-refractivity contribution in [3.63, 3.8) is 0 Å². The standard InChI is InChI=1S/C30H40N4O6/c1-16-9-8-10-17(2)25(16)33-27(37)26(20-11-12-23(35)19(4)13-20)34(22-14-18(22)3)28(38)21(15-24(31)36)32-29(39)40-30(5,6)7/h8-13,18,21-22,26,35H,14-15H2,1-7H3,(H2,31,36)(H,32,39)(H,33,37). The van der Waals surface area contributed by atoms with Crippen molar-refractivity contribution in [3.05, 3.63) is 58.7 Å². The molecule has 1 aliphatic rings. The third-order valence-corrected chi connectivity index (χ3v) is 6.87. The first-order valence-electron chi connectivity index (χ1n) is 13.4. The Labute approximate surface area is 235 Å². The van der Waals surface area contributed by atoms with Gasteiger partial charge in [0.25, 0.3) is 5.91 Å². The number of primary amides is 1. The molecule has 4 unspecified atom stereocenters. The number of aromatic hydroxyl groups is 1. The molecule has 10 heteroatoms. The molecule has 0 bridgehead atoms. The van der Waals surface area contributed by atoms with Gasteiger partial charge in [0, 0.05) is 11.7 Å². The van der Waals surface area contributed by atoms with Crippen molar-refractivity contribution >= 4 is 29.5 Å². The number of hydrogen-bond donors (Lipinski definition) is 4. The minimum atomic E-state index is -1.35. The maximum absolute atomic E-state index is 14.2. The molecule has 4 atom stereocenters. The predicted octanol–water partition coefficient (Wildman–Crippen LogP) is 4.00. The Balaban J connectivity index is 2.09. The largest absolute Gasteiger partial charge is 0.508 e. The summed E-state index contributed by atoms with van der Waals surface area (Å²) in [6.07, 6.45) is -0.728. The predicted molar refractivity (Wildman–Crippen MR) is 152 cm³/mol. The molecule has 5 N–H and O–H groups in total. The van der Waals surface area contributed by atoms with Gasteiger partial charge in [-0.25, -0.2) is 4.79 Å². The van der Waals surface area contributed by atoms with Gasteiger partial charge in [0.15, 0.2) is 0 Å². The lowest BCUT2D eigenvalue weighted by atomic mass is 9.98. The fourth-order valence-electron chi connectivity index (χ4n) is 4.69. The van der Waals surface area contributed by atoms with E-state index in [1.54, 1.807) is 39.8 Å². The van der Waals surface area contributed by atoms with Crippen LogP contribution in [0.25, 0.3) is 0 Å². The lowest BCUT2D eigenvalue weighted by Gasteiger charge is -2.35. The van der Waals surface area contributed by atoms with Crippen molar-refractivity contribution < 1.29 is 29.0 Å². The molecule has 2 aromatic carbocycles. The number of amides is 4. The highest BCUT2D eigenvalue weighted by molar-refractivity contribution is 6.00. The molecule has 0 aliphatic heterocycles. The van der Waals surface area contributed by atoms with E-state index in [2.05, 4.69) is 10.6 Å². The van der Waals surface area contributed by atoms with Crippen LogP contribution in [-0.2, 0) is 19.1 Å². The van der Waals surface area contributed by atoms with Crippen molar-refractivity contribution in [2.75, 3.05) is 5.32 Å². The van der Waals surface area contributed by atoms with Crippen molar-refractivity contribution in [3.8, 4) is 5.75 Å². The van der Waals surface area contributed by atoms with E-state index < -0.39 is 47.9 Å². The number of phenolic OH excluding ortho intramolecular Hbond substituents is 1. The second-order valence-electron chi connectivity index (χ2n) is 11.6. The summed E-state index contributed by atoms with van der Waals surface area (Å²) >= 11 is 0. The van der Waals surface area contributed by atoms with Crippen LogP contribution >= 0.6 is 0 Å². The number of ether oxygens (including phenoxy) is 1. The van der Waals surface area contributed by atoms with Gasteiger partial charge in [-0.05, 0) is 88.3 Å². The highest BCUT2D eigenvalue weighted by atomic mass is 16.6. The van der Waals surface area contributed by atoms with Gasteiger partial charge in [-0.3, -0.25) is 14.4 Å². The van der Waals surface area contributed by atoms with Crippen LogP contribution in [0.5, 0.6) is 5.75 Å². The quantitative estimate of drug-likeness (QED) is 0.369. The van der Waals surface area contributed by atoms with E-state index in [9.17, 15) is 24.3 Å². The number of alkyl carbamates (subject to hydrolysis) is 1. The Hall–Kier alpha value is -4.08. The Morgan fingerprint density at radius 2 is 1.68 bits per heavy atom. The maximum atomic E-state index is 14.2. The topological polar surface area (TPSA) is 151 Å². The summed E-state index contributed by atoms with van der Waals surface area (Å²) in [4.78, 5) is 54.3. The van der Waals surface area contributed by atoms with Crippen LogP contribution in [0.2, 0.25) is 0 Å². The SMILES string of the molecule is Cc1cc(C(C(=O)Nc2c(C)cccc2C)N(C(=O)C(CC(N)=O)NC(=O)OC(C)(C)C)C2CC2C)ccc1O. The molecule has 3 rings (SSSR count). The van der Waals surface area contributed by atoms with E-state index in [0.29, 0.717) is 23.2 Å². The van der Waals surface area contributed by atoms with Crippen molar-refractivity contribution in [2.45, 2.75) is 85.0 Å². The highest BCUT2D eigenvalue weighted by Crippen LogP contribution is 2.42. The van der Waals surface area contributed by atoms with Crippen molar-refractivity contribution in [1.29, 1.82) is 0 Å². The van der Waals surface area contributed by atoms with Crippen LogP contribution in [-0.4, -0.2) is 51.5 Å². The van der Waals surface area contributed by atoms with Gasteiger partial charge in [0.2, 0.25) is 11.8 Å². The van der Waals surface area contributed by atoms with Crippen LogP contribution in [0.15, 0.2) is 36.4 Å². The van der Waals surface area contributed by atoms with Crippen LogP contribution in [0.4, 0.5) is 10.5 Å². The average molecular weight is 553 g/mol. The molecule has 0 radical (unpaired) electrons. The van der Waals surface area contributed by atoms with Crippen LogP contribution in [0.1, 0.15) is 68.8 Å². The molecule has 40 heavy (non-hydrogen) atoms. The van der Waals surface area contributed by atoms with E-state index in [1.807, 2.05) is 39.0 Å². The number of hydrogen-bond acceptors (Lipinski definition) is 6. The summed E-state index contributed by atoms with van der Waals surface area (Å²) < 4.78 is 5.32. The first-order valence-corrected chi connectivity index (χ1v) is 13.4. The lowest BCUT2D eigenvalue weighted by molar-refractivity contribution is -0.142. The zero-order valence-electron chi connectivity index (χ0n) is 24.2. The summed E-state index contributed by atoms with van der Waals surface area (Å²) in [6, 6.07) is 7.56. The highest BCUT2D eigenvalue weighted by Gasteiger charge is 2.48. The van der Waals surface area contributed by atoms with Crippen LogP contribution in [0.3, 0.4) is 0 Å². The first kappa shape index (κ1) is 30.5. The minimum absolute atomic E-state index is 0.0496. The molecule has 1 saturated carbocycles. The Morgan fingerprint density at radius 3 is 2.17 bits per heavy atom. The maximum Gasteiger partial charge on any atom is 0.408 e. The minimum Gasteiger partial charge on any atom is -0.508 e. The lowest BCUT2D eigenvalue weighted by Crippen LogP contribution is -2.54. The van der Waals surface area contributed by atoms with Gasteiger partial charge in [-0.15, -0.1) is 0 Å². The van der Waals surface area contributed by atoms with Crippen molar-refractivity contribution in [1.82, 2.24) is 10.2 Å². The number of para-hydroxylation sites is 1. The Morgan fingerprint density at radius 1 is 1.07 bits per heavy atom. The van der Waals surface area contributed by atoms with Gasteiger partial charge in [0.05, 0.1) is 6.42 Å². The van der Waals surface area contributed by atoms with Gasteiger partial charge in [0.1, 0.15) is 23.4 Å². The second-order valence-corrected chi connectivity index (χ2v) is 11.6. The Kier molecular flexibility index (Phi) is 9.12. The molecular weight excluding hydrogens is 512 g/mol. The number of rotatable bonds is 9. The van der Waals surface area contributed by atoms with Gasteiger partial charge in [-0.1, -0.05) is 31.2 Å². The molecule has 0 heterocycles. The fraction of sp³-hybridized carbons (Fsp3) is 0.467. The van der Waals surface area contributed by atoms with E-state index in [0.717, 1.165) is 11.1 Å². The van der Waals surface area contributed by atoms with Gasteiger partial charge < -0.3 is 31.1 Å². The van der Waals surface area contributed by atoms with Crippen LogP contribution in [0, 0.1) is 26.7 Å². The zero-order valence-corrected chi connectivity index (χ0v) is 24.2. The molecule has 216 valence electrons. The summed E-state index contributed by atoms with van der Waals surface area (Å²) in [5.74, 6) is -1.77. The van der Waals surface area contributed by atoms with E-state index in [-0.39, 0.29) is 17.7 Å². The number of aryl methyl sites for hydroxylation is 3. The normalized spacial score (nSPS) is 17.8. The third-order valence-electron chi connectivity index (χ3n) is 6.87. The fourth-order valence-corrected chi connectivity index (χ4v) is 4.69. The average Bonchev–Trinajstić information content (AvgIpc) is 3.55. The monoisotopic (exact) mass is 552 g/mol. The van der Waals surface area contributed by atoms with Crippen molar-refractivity contribution in [2.24, 2.45) is 11.7 Å². The number of benzene rings is 2. The molecular formula is C30H40N4O6. The smallest absolute Gasteiger partial charge is 0.408 e. The molecule has 10 nitrogen and oxygen atoms in total. The molecule has 0 aromatic heterocycles. The number of anilines is 1. The second kappa shape index (κ2) is 12.0. The zero-order chi connectivity index (χ0) is 29.9. The summed E-state index contributed by atoms with van der Waals surface area (Å²) in [5, 5.41) is 15.7. The summed E-state index contributed by atoms with van der Waals surface area (Å²) in [6.45, 7) is 12.4. The molecule has 1 aliphatic carbocycles. The number of nitrogens with zero attached hydrogens (tertiary/aromatic N) is 1. The molecule has 1 fully saturated rings. The third kappa shape index (κ3) is 7.52. The van der Waals surface area contributed by atoms with E-state index in [4.69, 9.17) is 10.5 Å². The molecule has 0 spiro atoms. The number of carbonyl (C=O) groups excluding carboxylic acids is 4. The van der Waals surface area contributed by atoms with E-state index in [1.165, 1.54) is 11.0 Å². The summed E-state index contributed by atoms with van der Waals surface area (Å²) in [7, 11) is 0. The molecule has 0 saturated heterocycles. The number of carbonyl (C=O) groups is 4. The first-order chi connectivity index (χ1) is 18.6. The van der Waals surface area contributed by atoms with Gasteiger partial charge in [-0.2, -0.15) is 0 Å².